The first-order chi connectivity index (χ1) is 13.0. The quantitative estimate of drug-likeness (QED) is 0.735. The van der Waals surface area contributed by atoms with Gasteiger partial charge in [-0.15, -0.1) is 0 Å². The average molecular weight is 376 g/mol. The molecule has 5 amide bonds. The molecule has 1 atom stereocenters. The molecule has 4 fully saturated rings. The summed E-state index contributed by atoms with van der Waals surface area (Å²) < 4.78 is 0. The van der Waals surface area contributed by atoms with E-state index in [-0.39, 0.29) is 30.8 Å². The third-order valence-corrected chi connectivity index (χ3v) is 6.69. The topological polar surface area (TPSA) is 90.0 Å². The van der Waals surface area contributed by atoms with Gasteiger partial charge in [-0.05, 0) is 32.1 Å². The summed E-state index contributed by atoms with van der Waals surface area (Å²) in [5.74, 6) is -0.333. The second kappa shape index (κ2) is 7.13. The fraction of sp³-hybridized carbons (Fsp3) is 0.789. The van der Waals surface area contributed by atoms with Crippen molar-refractivity contribution in [3.63, 3.8) is 0 Å². The lowest BCUT2D eigenvalue weighted by molar-refractivity contribution is -0.149. The molecular weight excluding hydrogens is 348 g/mol. The molecule has 148 valence electrons. The Bertz CT molecular complexity index is 660. The predicted octanol–water partition coefficient (Wildman–Crippen LogP) is 0.712. The number of urea groups is 1. The molecule has 3 aliphatic heterocycles. The van der Waals surface area contributed by atoms with Crippen molar-refractivity contribution < 1.29 is 19.2 Å². The van der Waals surface area contributed by atoms with Crippen LogP contribution >= 0.6 is 0 Å². The van der Waals surface area contributed by atoms with Crippen molar-refractivity contribution in [1.29, 1.82) is 0 Å². The molecule has 0 aromatic rings. The van der Waals surface area contributed by atoms with Gasteiger partial charge < -0.3 is 14.7 Å². The second-order valence-corrected chi connectivity index (χ2v) is 8.45. The largest absolute Gasteiger partial charge is 0.340 e. The highest BCUT2D eigenvalue weighted by molar-refractivity contribution is 6.03. The van der Waals surface area contributed by atoms with E-state index in [1.165, 1.54) is 24.2 Å². The molecular formula is C19H28N4O4. The van der Waals surface area contributed by atoms with E-state index in [0.29, 0.717) is 25.6 Å². The van der Waals surface area contributed by atoms with Gasteiger partial charge in [-0.1, -0.05) is 19.3 Å². The highest BCUT2D eigenvalue weighted by atomic mass is 16.2. The molecule has 1 aliphatic carbocycles. The van der Waals surface area contributed by atoms with Gasteiger partial charge in [-0.3, -0.25) is 19.7 Å². The maximum Gasteiger partial charge on any atom is 0.325 e. The fourth-order valence-corrected chi connectivity index (χ4v) is 5.18. The fourth-order valence-electron chi connectivity index (χ4n) is 5.18. The van der Waals surface area contributed by atoms with Gasteiger partial charge in [-0.25, -0.2) is 4.79 Å². The number of imide groups is 1. The number of amides is 5. The van der Waals surface area contributed by atoms with Crippen molar-refractivity contribution in [3.8, 4) is 0 Å². The van der Waals surface area contributed by atoms with Gasteiger partial charge >= 0.3 is 6.03 Å². The van der Waals surface area contributed by atoms with Crippen LogP contribution in [-0.2, 0) is 14.4 Å². The van der Waals surface area contributed by atoms with Crippen LogP contribution in [0.1, 0.15) is 51.4 Å². The predicted molar refractivity (Wildman–Crippen MR) is 96.6 cm³/mol. The third-order valence-electron chi connectivity index (χ3n) is 6.69. The Morgan fingerprint density at radius 1 is 1.04 bits per heavy atom. The summed E-state index contributed by atoms with van der Waals surface area (Å²) in [4.78, 5) is 54.0. The van der Waals surface area contributed by atoms with Crippen molar-refractivity contribution in [1.82, 2.24) is 20.0 Å². The molecule has 0 aromatic heterocycles. The Hall–Kier alpha value is -2.12. The number of rotatable bonds is 3. The van der Waals surface area contributed by atoms with Crippen LogP contribution < -0.4 is 5.32 Å². The first-order valence-electron chi connectivity index (χ1n) is 10.2. The van der Waals surface area contributed by atoms with Gasteiger partial charge in [-0.2, -0.15) is 0 Å². The number of hydrogen-bond donors (Lipinski definition) is 1. The van der Waals surface area contributed by atoms with Crippen molar-refractivity contribution in [3.05, 3.63) is 0 Å². The lowest BCUT2D eigenvalue weighted by atomic mass is 9.77. The Labute approximate surface area is 159 Å². The summed E-state index contributed by atoms with van der Waals surface area (Å²) in [6, 6.07) is -0.146. The Balaban J connectivity index is 1.39. The molecule has 8 heteroatoms. The first kappa shape index (κ1) is 18.3. The van der Waals surface area contributed by atoms with Gasteiger partial charge in [0.1, 0.15) is 13.1 Å². The van der Waals surface area contributed by atoms with E-state index in [4.69, 9.17) is 0 Å². The first-order valence-corrected chi connectivity index (χ1v) is 10.2. The maximum absolute atomic E-state index is 13.3. The summed E-state index contributed by atoms with van der Waals surface area (Å²) in [5.41, 5.74) is -0.450. The summed E-state index contributed by atoms with van der Waals surface area (Å²) in [7, 11) is 0. The normalized spacial score (nSPS) is 29.8. The molecule has 1 N–H and O–H groups in total. The molecule has 3 heterocycles. The van der Waals surface area contributed by atoms with Crippen molar-refractivity contribution in [2.24, 2.45) is 5.41 Å². The Kier molecular flexibility index (Phi) is 4.82. The van der Waals surface area contributed by atoms with E-state index in [1.54, 1.807) is 4.90 Å². The van der Waals surface area contributed by atoms with Crippen LogP contribution in [0.3, 0.4) is 0 Å². The van der Waals surface area contributed by atoms with Crippen molar-refractivity contribution >= 4 is 23.8 Å². The smallest absolute Gasteiger partial charge is 0.325 e. The molecule has 1 saturated carbocycles. The molecule has 8 nitrogen and oxygen atoms in total. The van der Waals surface area contributed by atoms with Crippen LogP contribution in [0.2, 0.25) is 0 Å². The number of likely N-dealkylation sites (tertiary alicyclic amines) is 2. The number of nitrogens with zero attached hydrogens (tertiary/aromatic N) is 3. The molecule has 27 heavy (non-hydrogen) atoms. The van der Waals surface area contributed by atoms with E-state index in [0.717, 1.165) is 32.2 Å². The van der Waals surface area contributed by atoms with Gasteiger partial charge in [0.25, 0.3) is 0 Å². The van der Waals surface area contributed by atoms with Gasteiger partial charge in [0.15, 0.2) is 0 Å². The van der Waals surface area contributed by atoms with Gasteiger partial charge in [0, 0.05) is 25.7 Å². The van der Waals surface area contributed by atoms with E-state index in [9.17, 15) is 19.2 Å². The molecule has 3 saturated heterocycles. The van der Waals surface area contributed by atoms with E-state index in [2.05, 4.69) is 10.2 Å². The Morgan fingerprint density at radius 2 is 1.81 bits per heavy atom. The van der Waals surface area contributed by atoms with Crippen LogP contribution in [-0.4, -0.2) is 77.2 Å². The minimum Gasteiger partial charge on any atom is -0.340 e. The number of hydrogen-bond acceptors (Lipinski definition) is 4. The minimum atomic E-state index is -0.514. The zero-order chi connectivity index (χ0) is 19.0. The molecule has 1 spiro atoms. The van der Waals surface area contributed by atoms with Crippen LogP contribution in [0.5, 0.6) is 0 Å². The van der Waals surface area contributed by atoms with Gasteiger partial charge in [0.05, 0.1) is 5.41 Å². The summed E-state index contributed by atoms with van der Waals surface area (Å²) >= 11 is 0. The standard InChI is InChI=1S/C19H28N4O4/c24-15-11-22(18(27)20-15)12-16(25)21-10-8-19(13-21)7-4-9-23(17(19)26)14-5-2-1-3-6-14/h14H,1-13H2,(H,20,24,27). The molecule has 0 bridgehead atoms. The van der Waals surface area contributed by atoms with E-state index in [1.807, 2.05) is 0 Å². The summed E-state index contributed by atoms with van der Waals surface area (Å²) in [5, 5.41) is 2.19. The van der Waals surface area contributed by atoms with E-state index < -0.39 is 11.4 Å². The number of piperidine rings is 1. The highest BCUT2D eigenvalue weighted by Crippen LogP contribution is 2.42. The van der Waals surface area contributed by atoms with E-state index >= 15 is 0 Å². The second-order valence-electron chi connectivity index (χ2n) is 8.45. The zero-order valence-electron chi connectivity index (χ0n) is 15.7. The maximum atomic E-state index is 13.3. The SMILES string of the molecule is O=C1CN(CC(=O)N2CCC3(CCCN(C4CCCCC4)C3=O)C2)C(=O)N1. The van der Waals surface area contributed by atoms with Crippen LogP contribution in [0.25, 0.3) is 0 Å². The Morgan fingerprint density at radius 3 is 2.52 bits per heavy atom. The summed E-state index contributed by atoms with van der Waals surface area (Å²) in [6.07, 6.45) is 8.38. The average Bonchev–Trinajstić information content (AvgIpc) is 3.22. The molecule has 1 unspecified atom stereocenters. The van der Waals surface area contributed by atoms with Crippen LogP contribution in [0.15, 0.2) is 0 Å². The summed E-state index contributed by atoms with van der Waals surface area (Å²) in [6.45, 7) is 1.66. The third kappa shape index (κ3) is 3.41. The minimum absolute atomic E-state index is 0.0715. The van der Waals surface area contributed by atoms with Crippen molar-refractivity contribution in [2.45, 2.75) is 57.4 Å². The number of nitrogens with one attached hydrogen (secondary N) is 1. The zero-order valence-corrected chi connectivity index (χ0v) is 15.7. The monoisotopic (exact) mass is 376 g/mol. The van der Waals surface area contributed by atoms with Crippen LogP contribution in [0, 0.1) is 5.41 Å². The number of carbonyl (C=O) groups is 4. The molecule has 0 radical (unpaired) electrons. The number of carbonyl (C=O) groups excluding carboxylic acids is 4. The molecule has 4 rings (SSSR count). The molecule has 4 aliphatic rings. The van der Waals surface area contributed by atoms with Crippen molar-refractivity contribution in [2.75, 3.05) is 32.7 Å². The lowest BCUT2D eigenvalue weighted by Gasteiger charge is -2.44. The molecule has 0 aromatic carbocycles. The van der Waals surface area contributed by atoms with Gasteiger partial charge in [0.2, 0.25) is 17.7 Å². The van der Waals surface area contributed by atoms with Crippen LogP contribution in [0.4, 0.5) is 4.79 Å². The highest BCUT2D eigenvalue weighted by Gasteiger charge is 2.50. The lowest BCUT2D eigenvalue weighted by Crippen LogP contribution is -2.54.